The smallest absolute Gasteiger partial charge is 0.321 e. The third-order valence-electron chi connectivity index (χ3n) is 5.04. The third kappa shape index (κ3) is 4.17. The minimum Gasteiger partial charge on any atom is -0.324 e. The van der Waals surface area contributed by atoms with Crippen LogP contribution in [0.25, 0.3) is 5.69 Å². The molecule has 1 N–H and O–H groups in total. The van der Waals surface area contributed by atoms with E-state index < -0.39 is 0 Å². The Morgan fingerprint density at radius 1 is 1.07 bits per heavy atom. The average molecular weight is 399 g/mol. The molecule has 0 radical (unpaired) electrons. The van der Waals surface area contributed by atoms with Crippen molar-refractivity contribution in [3.05, 3.63) is 77.3 Å². The lowest BCUT2D eigenvalue weighted by Crippen LogP contribution is -2.40. The molecule has 4 rings (SSSR count). The zero-order valence-electron chi connectivity index (χ0n) is 15.2. The normalized spacial score (nSPS) is 14.9. The minimum absolute atomic E-state index is 0.0946. The number of carbonyl (C=O) groups is 1. The van der Waals surface area contributed by atoms with E-state index in [0.717, 1.165) is 29.8 Å². The van der Waals surface area contributed by atoms with Gasteiger partial charge in [-0.1, -0.05) is 11.6 Å². The number of halogens is 2. The molecule has 2 heterocycles. The van der Waals surface area contributed by atoms with Gasteiger partial charge in [0.25, 0.3) is 0 Å². The highest BCUT2D eigenvalue weighted by Gasteiger charge is 2.24. The fourth-order valence-corrected chi connectivity index (χ4v) is 3.56. The molecule has 1 saturated heterocycles. The third-order valence-corrected chi connectivity index (χ3v) is 5.29. The lowest BCUT2D eigenvalue weighted by molar-refractivity contribution is 0.194. The van der Waals surface area contributed by atoms with Crippen molar-refractivity contribution >= 4 is 23.3 Å². The monoisotopic (exact) mass is 398 g/mol. The van der Waals surface area contributed by atoms with E-state index >= 15 is 0 Å². The quantitative estimate of drug-likeness (QED) is 0.669. The van der Waals surface area contributed by atoms with Gasteiger partial charge in [0.15, 0.2) is 0 Å². The van der Waals surface area contributed by atoms with Gasteiger partial charge >= 0.3 is 6.03 Å². The van der Waals surface area contributed by atoms with Crippen LogP contribution in [0.4, 0.5) is 14.9 Å². The summed E-state index contributed by atoms with van der Waals surface area (Å²) in [5, 5.41) is 7.94. The highest BCUT2D eigenvalue weighted by atomic mass is 35.5. The van der Waals surface area contributed by atoms with Crippen LogP contribution in [0.1, 0.15) is 24.3 Å². The molecule has 0 aliphatic carbocycles. The van der Waals surface area contributed by atoms with Crippen LogP contribution >= 0.6 is 11.6 Å². The van der Waals surface area contributed by atoms with Crippen LogP contribution in [0.15, 0.2) is 60.9 Å². The van der Waals surface area contributed by atoms with Crippen molar-refractivity contribution in [2.75, 3.05) is 18.4 Å². The van der Waals surface area contributed by atoms with Crippen molar-refractivity contribution in [3.63, 3.8) is 0 Å². The molecule has 0 unspecified atom stereocenters. The molecule has 3 aromatic rings. The largest absolute Gasteiger partial charge is 0.324 e. The van der Waals surface area contributed by atoms with E-state index in [-0.39, 0.29) is 11.8 Å². The van der Waals surface area contributed by atoms with Gasteiger partial charge in [0.1, 0.15) is 5.82 Å². The Bertz CT molecular complexity index is 947. The number of likely N-dealkylation sites (tertiary alicyclic amines) is 1. The standard InChI is InChI=1S/C21H20ClFN4O/c22-17-1-5-19(6-2-17)25-21(28)26-11-9-15(10-12-26)16-13-24-27(14-16)20-7-3-18(23)4-8-20/h1-8,13-15H,9-12H2,(H,25,28). The number of aromatic nitrogens is 2. The molecule has 1 fully saturated rings. The molecule has 2 amide bonds. The summed E-state index contributed by atoms with van der Waals surface area (Å²) in [5.41, 5.74) is 2.70. The Balaban J connectivity index is 1.34. The number of amides is 2. The molecule has 2 aromatic carbocycles. The van der Waals surface area contributed by atoms with Gasteiger partial charge in [0.05, 0.1) is 11.9 Å². The maximum Gasteiger partial charge on any atom is 0.321 e. The summed E-state index contributed by atoms with van der Waals surface area (Å²) in [7, 11) is 0. The van der Waals surface area contributed by atoms with Gasteiger partial charge in [0, 0.05) is 30.0 Å². The maximum absolute atomic E-state index is 13.1. The van der Waals surface area contributed by atoms with Crippen LogP contribution in [0.2, 0.25) is 5.02 Å². The second-order valence-electron chi connectivity index (χ2n) is 6.89. The summed E-state index contributed by atoms with van der Waals surface area (Å²) in [6.07, 6.45) is 5.60. The van der Waals surface area contributed by atoms with E-state index in [2.05, 4.69) is 10.4 Å². The first-order chi connectivity index (χ1) is 13.6. The molecule has 7 heteroatoms. The van der Waals surface area contributed by atoms with Crippen LogP contribution < -0.4 is 5.32 Å². The summed E-state index contributed by atoms with van der Waals surface area (Å²) >= 11 is 5.87. The Hall–Kier alpha value is -2.86. The van der Waals surface area contributed by atoms with Crippen LogP contribution in [0.3, 0.4) is 0 Å². The van der Waals surface area contributed by atoms with Crippen molar-refractivity contribution in [1.29, 1.82) is 0 Å². The first-order valence-electron chi connectivity index (χ1n) is 9.20. The highest BCUT2D eigenvalue weighted by Crippen LogP contribution is 2.28. The number of piperidine rings is 1. The van der Waals surface area contributed by atoms with E-state index in [0.29, 0.717) is 24.0 Å². The zero-order chi connectivity index (χ0) is 19.5. The molecule has 0 atom stereocenters. The average Bonchev–Trinajstić information content (AvgIpc) is 3.20. The molecule has 1 aromatic heterocycles. The second kappa shape index (κ2) is 8.02. The molecular formula is C21H20ClFN4O. The number of rotatable bonds is 3. The van der Waals surface area contributed by atoms with Gasteiger partial charge in [-0.05, 0) is 72.9 Å². The van der Waals surface area contributed by atoms with Gasteiger partial charge < -0.3 is 10.2 Å². The molecule has 1 aliphatic heterocycles. The summed E-state index contributed by atoms with van der Waals surface area (Å²) in [4.78, 5) is 14.3. The molecule has 0 bridgehead atoms. The number of benzene rings is 2. The number of hydrogen-bond acceptors (Lipinski definition) is 2. The molecule has 144 valence electrons. The van der Waals surface area contributed by atoms with Crippen LogP contribution in [-0.2, 0) is 0 Å². The van der Waals surface area contributed by atoms with Crippen molar-refractivity contribution in [1.82, 2.24) is 14.7 Å². The highest BCUT2D eigenvalue weighted by molar-refractivity contribution is 6.30. The Morgan fingerprint density at radius 2 is 1.75 bits per heavy atom. The number of anilines is 1. The first-order valence-corrected chi connectivity index (χ1v) is 9.58. The lowest BCUT2D eigenvalue weighted by atomic mass is 9.92. The minimum atomic E-state index is -0.264. The van der Waals surface area contributed by atoms with Crippen LogP contribution in [0.5, 0.6) is 0 Å². The number of nitrogens with one attached hydrogen (secondary N) is 1. The van der Waals surface area contributed by atoms with E-state index in [1.165, 1.54) is 12.1 Å². The molecule has 0 saturated carbocycles. The Morgan fingerprint density at radius 3 is 2.43 bits per heavy atom. The SMILES string of the molecule is O=C(Nc1ccc(Cl)cc1)N1CCC(c2cnn(-c3ccc(F)cc3)c2)CC1. The molecule has 1 aliphatic rings. The zero-order valence-corrected chi connectivity index (χ0v) is 15.9. The molecule has 5 nitrogen and oxygen atoms in total. The number of urea groups is 1. The van der Waals surface area contributed by atoms with Gasteiger partial charge in [-0.3, -0.25) is 0 Å². The van der Waals surface area contributed by atoms with Gasteiger partial charge in [0.2, 0.25) is 0 Å². The van der Waals surface area contributed by atoms with E-state index in [1.807, 2.05) is 17.3 Å². The van der Waals surface area contributed by atoms with Gasteiger partial charge in [-0.15, -0.1) is 0 Å². The van der Waals surface area contributed by atoms with Crippen molar-refractivity contribution < 1.29 is 9.18 Å². The van der Waals surface area contributed by atoms with Gasteiger partial charge in [-0.2, -0.15) is 5.10 Å². The van der Waals surface area contributed by atoms with Crippen LogP contribution in [-0.4, -0.2) is 33.8 Å². The van der Waals surface area contributed by atoms with Crippen molar-refractivity contribution in [3.8, 4) is 5.69 Å². The lowest BCUT2D eigenvalue weighted by Gasteiger charge is -2.31. The predicted molar refractivity (Wildman–Crippen MR) is 108 cm³/mol. The molecular weight excluding hydrogens is 379 g/mol. The number of nitrogens with zero attached hydrogens (tertiary/aromatic N) is 3. The van der Waals surface area contributed by atoms with Gasteiger partial charge in [-0.25, -0.2) is 13.9 Å². The van der Waals surface area contributed by atoms with E-state index in [9.17, 15) is 9.18 Å². The summed E-state index contributed by atoms with van der Waals surface area (Å²) in [5.74, 6) is 0.0918. The van der Waals surface area contributed by atoms with Crippen molar-refractivity contribution in [2.24, 2.45) is 0 Å². The summed E-state index contributed by atoms with van der Waals surface area (Å²) < 4.78 is 14.8. The Kier molecular flexibility index (Phi) is 5.30. The van der Waals surface area contributed by atoms with Crippen LogP contribution in [0, 0.1) is 5.82 Å². The van der Waals surface area contributed by atoms with E-state index in [1.54, 1.807) is 41.1 Å². The topological polar surface area (TPSA) is 50.2 Å². The first kappa shape index (κ1) is 18.5. The molecule has 0 spiro atoms. The van der Waals surface area contributed by atoms with E-state index in [4.69, 9.17) is 11.6 Å². The van der Waals surface area contributed by atoms with Crippen molar-refractivity contribution in [2.45, 2.75) is 18.8 Å². The summed E-state index contributed by atoms with van der Waals surface area (Å²) in [6.45, 7) is 1.37. The maximum atomic E-state index is 13.1. The fourth-order valence-electron chi connectivity index (χ4n) is 3.43. The predicted octanol–water partition coefficient (Wildman–Crippen LogP) is 5.08. The molecule has 28 heavy (non-hydrogen) atoms. The number of carbonyl (C=O) groups excluding carboxylic acids is 1. The Labute approximate surface area is 167 Å². The fraction of sp³-hybridized carbons (Fsp3) is 0.238. The number of hydrogen-bond donors (Lipinski definition) is 1. The second-order valence-corrected chi connectivity index (χ2v) is 7.33. The summed E-state index contributed by atoms with van der Waals surface area (Å²) in [6, 6.07) is 13.2.